The lowest BCUT2D eigenvalue weighted by molar-refractivity contribution is 0.104. The number of thiophene rings is 1. The highest BCUT2D eigenvalue weighted by molar-refractivity contribution is 7.14. The minimum absolute atomic E-state index is 0.125. The summed E-state index contributed by atoms with van der Waals surface area (Å²) in [6, 6.07) is 3.98. The van der Waals surface area contributed by atoms with Crippen molar-refractivity contribution >= 4 is 17.1 Å². The Morgan fingerprint density at radius 1 is 1.33 bits per heavy atom. The molecule has 18 heavy (non-hydrogen) atoms. The fraction of sp³-hybridized carbons (Fsp3) is 0.333. The predicted octanol–water partition coefficient (Wildman–Crippen LogP) is 3.56. The molecule has 0 aliphatic heterocycles. The van der Waals surface area contributed by atoms with Crippen molar-refractivity contribution in [3.05, 3.63) is 51.0 Å². The zero-order valence-corrected chi connectivity index (χ0v) is 11.2. The molecule has 0 spiro atoms. The van der Waals surface area contributed by atoms with Crippen LogP contribution in [0.4, 0.5) is 0 Å². The summed E-state index contributed by atoms with van der Waals surface area (Å²) in [6.07, 6.45) is 8.18. The van der Waals surface area contributed by atoms with Gasteiger partial charge in [0.25, 0.3) is 0 Å². The number of hydrogen-bond donors (Lipinski definition) is 0. The summed E-state index contributed by atoms with van der Waals surface area (Å²) < 4.78 is 0. The number of ketones is 1. The molecule has 0 radical (unpaired) electrons. The Hall–Kier alpha value is -1.48. The number of fused-ring (bicyclic) bond motifs is 1. The van der Waals surface area contributed by atoms with Gasteiger partial charge in [0.15, 0.2) is 0 Å². The van der Waals surface area contributed by atoms with Crippen LogP contribution < -0.4 is 0 Å². The van der Waals surface area contributed by atoms with Gasteiger partial charge in [-0.1, -0.05) is 0 Å². The third-order valence-corrected chi connectivity index (χ3v) is 4.74. The summed E-state index contributed by atoms with van der Waals surface area (Å²) >= 11 is 1.67. The Bertz CT molecular complexity index is 577. The number of aromatic nitrogens is 1. The van der Waals surface area contributed by atoms with Crippen molar-refractivity contribution in [2.75, 3.05) is 0 Å². The summed E-state index contributed by atoms with van der Waals surface area (Å²) in [5.74, 6) is 0.125. The molecule has 0 bridgehead atoms. The van der Waals surface area contributed by atoms with E-state index in [0.717, 1.165) is 28.8 Å². The van der Waals surface area contributed by atoms with Gasteiger partial charge < -0.3 is 0 Å². The minimum atomic E-state index is 0.125. The van der Waals surface area contributed by atoms with Gasteiger partial charge in [0.1, 0.15) is 0 Å². The lowest BCUT2D eigenvalue weighted by Gasteiger charge is -2.08. The number of carbonyl (C=O) groups excluding carboxylic acids is 1. The van der Waals surface area contributed by atoms with Crippen LogP contribution in [0.15, 0.2) is 24.5 Å². The maximum Gasteiger partial charge on any atom is 0.204 e. The third kappa shape index (κ3) is 1.99. The van der Waals surface area contributed by atoms with E-state index in [0.29, 0.717) is 0 Å². The number of pyridine rings is 1. The van der Waals surface area contributed by atoms with Gasteiger partial charge in [-0.15, -0.1) is 11.3 Å². The predicted molar refractivity (Wildman–Crippen MR) is 73.4 cm³/mol. The molecule has 0 amide bonds. The van der Waals surface area contributed by atoms with Gasteiger partial charge in [-0.3, -0.25) is 9.78 Å². The Balaban J connectivity index is 1.98. The van der Waals surface area contributed by atoms with Crippen LogP contribution >= 0.6 is 11.3 Å². The molecule has 0 aromatic carbocycles. The molecule has 3 heteroatoms. The monoisotopic (exact) mass is 257 g/mol. The fourth-order valence-electron chi connectivity index (χ4n) is 2.44. The van der Waals surface area contributed by atoms with Crippen LogP contribution in [0.25, 0.3) is 0 Å². The van der Waals surface area contributed by atoms with E-state index in [9.17, 15) is 4.79 Å². The van der Waals surface area contributed by atoms with E-state index in [-0.39, 0.29) is 5.78 Å². The first-order valence-electron chi connectivity index (χ1n) is 6.32. The van der Waals surface area contributed by atoms with Crippen LogP contribution in [0.1, 0.15) is 44.1 Å². The fourth-order valence-corrected chi connectivity index (χ4v) is 3.64. The lowest BCUT2D eigenvalue weighted by Crippen LogP contribution is -2.02. The number of nitrogens with zero attached hydrogens (tertiary/aromatic N) is 1. The topological polar surface area (TPSA) is 30.0 Å². The Morgan fingerprint density at radius 2 is 2.17 bits per heavy atom. The third-order valence-electron chi connectivity index (χ3n) is 3.50. The molecule has 2 nitrogen and oxygen atoms in total. The molecule has 0 atom stereocenters. The molecule has 3 rings (SSSR count). The van der Waals surface area contributed by atoms with Crippen molar-refractivity contribution in [2.45, 2.75) is 32.6 Å². The van der Waals surface area contributed by atoms with Gasteiger partial charge in [-0.05, 0) is 55.9 Å². The van der Waals surface area contributed by atoms with Crippen LogP contribution in [0, 0.1) is 6.92 Å². The van der Waals surface area contributed by atoms with Crippen molar-refractivity contribution in [3.8, 4) is 0 Å². The van der Waals surface area contributed by atoms with Gasteiger partial charge in [0.05, 0.1) is 4.88 Å². The van der Waals surface area contributed by atoms with E-state index >= 15 is 0 Å². The SMILES string of the molecule is Cc1ccncc1C(=O)c1cc2c(s1)CCCC2. The van der Waals surface area contributed by atoms with E-state index in [1.54, 1.807) is 23.7 Å². The van der Waals surface area contributed by atoms with E-state index in [1.807, 2.05) is 13.0 Å². The van der Waals surface area contributed by atoms with E-state index in [2.05, 4.69) is 11.1 Å². The largest absolute Gasteiger partial charge is 0.288 e. The highest BCUT2D eigenvalue weighted by Crippen LogP contribution is 2.31. The molecule has 0 unspecified atom stereocenters. The van der Waals surface area contributed by atoms with Crippen molar-refractivity contribution in [1.29, 1.82) is 0 Å². The molecule has 2 heterocycles. The van der Waals surface area contributed by atoms with Crippen molar-refractivity contribution in [3.63, 3.8) is 0 Å². The maximum absolute atomic E-state index is 12.5. The molecular formula is C15H15NOS. The van der Waals surface area contributed by atoms with E-state index in [4.69, 9.17) is 0 Å². The van der Waals surface area contributed by atoms with E-state index in [1.165, 1.54) is 23.3 Å². The summed E-state index contributed by atoms with van der Waals surface area (Å²) in [5.41, 5.74) is 3.12. The van der Waals surface area contributed by atoms with Gasteiger partial charge in [0.2, 0.25) is 5.78 Å². The van der Waals surface area contributed by atoms with E-state index < -0.39 is 0 Å². The Morgan fingerprint density at radius 3 is 2.94 bits per heavy atom. The quantitative estimate of drug-likeness (QED) is 0.770. The first-order chi connectivity index (χ1) is 8.75. The van der Waals surface area contributed by atoms with Crippen molar-refractivity contribution in [1.82, 2.24) is 4.98 Å². The molecule has 92 valence electrons. The molecular weight excluding hydrogens is 242 g/mol. The maximum atomic E-state index is 12.5. The molecule has 1 aliphatic carbocycles. The first kappa shape index (κ1) is 11.6. The van der Waals surface area contributed by atoms with Crippen LogP contribution in [-0.4, -0.2) is 10.8 Å². The minimum Gasteiger partial charge on any atom is -0.288 e. The van der Waals surface area contributed by atoms with Crippen LogP contribution in [0.2, 0.25) is 0 Å². The second-order valence-corrected chi connectivity index (χ2v) is 5.92. The summed E-state index contributed by atoms with van der Waals surface area (Å²) in [5, 5.41) is 0. The van der Waals surface area contributed by atoms with Crippen molar-refractivity contribution < 1.29 is 4.79 Å². The number of rotatable bonds is 2. The molecule has 0 N–H and O–H groups in total. The van der Waals surface area contributed by atoms with Gasteiger partial charge in [-0.25, -0.2) is 0 Å². The summed E-state index contributed by atoms with van der Waals surface area (Å²) in [4.78, 5) is 18.8. The van der Waals surface area contributed by atoms with Crippen molar-refractivity contribution in [2.24, 2.45) is 0 Å². The normalized spacial score (nSPS) is 14.3. The van der Waals surface area contributed by atoms with Crippen LogP contribution in [0.3, 0.4) is 0 Å². The Labute approximate surface area is 111 Å². The zero-order chi connectivity index (χ0) is 12.5. The zero-order valence-electron chi connectivity index (χ0n) is 10.4. The molecule has 2 aromatic rings. The average molecular weight is 257 g/mol. The summed E-state index contributed by atoms with van der Waals surface area (Å²) in [6.45, 7) is 1.96. The number of aryl methyl sites for hydroxylation is 3. The average Bonchev–Trinajstić information content (AvgIpc) is 2.82. The van der Waals surface area contributed by atoms with Gasteiger partial charge in [0, 0.05) is 22.8 Å². The van der Waals surface area contributed by atoms with Gasteiger partial charge >= 0.3 is 0 Å². The van der Waals surface area contributed by atoms with Crippen LogP contribution in [-0.2, 0) is 12.8 Å². The Kier molecular flexibility index (Phi) is 3.00. The standard InChI is InChI=1S/C15H15NOS/c1-10-6-7-16-9-12(10)15(17)14-8-11-4-2-3-5-13(11)18-14/h6-9H,2-5H2,1H3. The molecule has 0 saturated carbocycles. The molecule has 1 aliphatic rings. The highest BCUT2D eigenvalue weighted by Gasteiger charge is 2.19. The van der Waals surface area contributed by atoms with Crippen LogP contribution in [0.5, 0.6) is 0 Å². The van der Waals surface area contributed by atoms with Gasteiger partial charge in [-0.2, -0.15) is 0 Å². The molecule has 2 aromatic heterocycles. The lowest BCUT2D eigenvalue weighted by atomic mass is 9.98. The second-order valence-electron chi connectivity index (χ2n) is 4.79. The highest BCUT2D eigenvalue weighted by atomic mass is 32.1. The first-order valence-corrected chi connectivity index (χ1v) is 7.14. The summed E-state index contributed by atoms with van der Waals surface area (Å²) in [7, 11) is 0. The molecule has 0 saturated heterocycles. The number of carbonyl (C=O) groups is 1. The number of hydrogen-bond acceptors (Lipinski definition) is 3. The smallest absolute Gasteiger partial charge is 0.204 e. The second kappa shape index (κ2) is 4.65. The molecule has 0 fully saturated rings.